The molecule has 0 saturated heterocycles. The van der Waals surface area contributed by atoms with E-state index in [-0.39, 0.29) is 0 Å². The molecule has 0 rings (SSSR count). The van der Waals surface area contributed by atoms with Crippen LogP contribution in [0.3, 0.4) is 0 Å². The Morgan fingerprint density at radius 3 is 1.60 bits per heavy atom. The Kier molecular flexibility index (Phi) is 7.34. The zero-order valence-electron chi connectivity index (χ0n) is 6.54. The monoisotopic (exact) mass is 142 g/mol. The maximum absolute atomic E-state index is 4.93. The Labute approximate surface area is 62.1 Å². The van der Waals surface area contributed by atoms with E-state index in [4.69, 9.17) is 9.47 Å². The molecule has 0 amide bonds. The number of hydrogen-bond acceptors (Lipinski definition) is 2. The molecule has 0 spiro atoms. The minimum atomic E-state index is 0.707. The quantitative estimate of drug-likeness (QED) is 0.432. The second kappa shape index (κ2) is 8.08. The Morgan fingerprint density at radius 2 is 1.30 bits per heavy atom. The van der Waals surface area contributed by atoms with E-state index in [1.807, 2.05) is 13.8 Å². The van der Waals surface area contributed by atoms with Gasteiger partial charge >= 0.3 is 0 Å². The van der Waals surface area contributed by atoms with E-state index in [1.54, 1.807) is 24.7 Å². The van der Waals surface area contributed by atoms with Crippen molar-refractivity contribution in [2.75, 3.05) is 13.2 Å². The first-order valence-electron chi connectivity index (χ1n) is 3.46. The molecule has 2 heteroatoms. The first kappa shape index (κ1) is 9.08. The lowest BCUT2D eigenvalue weighted by molar-refractivity contribution is 0.265. The molecule has 0 aliphatic carbocycles. The van der Waals surface area contributed by atoms with E-state index in [2.05, 4.69) is 0 Å². The molecule has 0 saturated carbocycles. The summed E-state index contributed by atoms with van der Waals surface area (Å²) in [5.74, 6) is 0. The molecule has 0 aromatic heterocycles. The Morgan fingerprint density at radius 1 is 0.900 bits per heavy atom. The molecular formula is C8H14O2. The summed E-state index contributed by atoms with van der Waals surface area (Å²) in [5, 5.41) is 0. The van der Waals surface area contributed by atoms with E-state index < -0.39 is 0 Å². The number of ether oxygens (including phenoxy) is 2. The zero-order valence-corrected chi connectivity index (χ0v) is 6.54. The number of hydrogen-bond donors (Lipinski definition) is 0. The van der Waals surface area contributed by atoms with Crippen LogP contribution in [0.2, 0.25) is 0 Å². The van der Waals surface area contributed by atoms with Crippen LogP contribution in [0.1, 0.15) is 13.8 Å². The van der Waals surface area contributed by atoms with E-state index in [9.17, 15) is 0 Å². The van der Waals surface area contributed by atoms with Gasteiger partial charge in [0.25, 0.3) is 0 Å². The summed E-state index contributed by atoms with van der Waals surface area (Å²) < 4.78 is 9.85. The van der Waals surface area contributed by atoms with Crippen LogP contribution in [-0.4, -0.2) is 13.2 Å². The van der Waals surface area contributed by atoms with Crippen LogP contribution in [-0.2, 0) is 9.47 Å². The lowest BCUT2D eigenvalue weighted by Gasteiger charge is -1.90. The van der Waals surface area contributed by atoms with Crippen LogP contribution in [0, 0.1) is 0 Å². The minimum Gasteiger partial charge on any atom is -0.501 e. The Bertz CT molecular complexity index is 91.8. The highest BCUT2D eigenvalue weighted by Gasteiger charge is 1.67. The van der Waals surface area contributed by atoms with Crippen molar-refractivity contribution in [2.24, 2.45) is 0 Å². The van der Waals surface area contributed by atoms with E-state index in [0.29, 0.717) is 13.2 Å². The highest BCUT2D eigenvalue weighted by atomic mass is 16.5. The van der Waals surface area contributed by atoms with Crippen molar-refractivity contribution in [2.45, 2.75) is 13.8 Å². The predicted molar refractivity (Wildman–Crippen MR) is 41.5 cm³/mol. The van der Waals surface area contributed by atoms with Gasteiger partial charge in [-0.05, 0) is 26.0 Å². The van der Waals surface area contributed by atoms with Gasteiger partial charge in [0.2, 0.25) is 0 Å². The molecule has 0 unspecified atom stereocenters. The summed E-state index contributed by atoms with van der Waals surface area (Å²) in [7, 11) is 0. The molecule has 0 bridgehead atoms. The predicted octanol–water partition coefficient (Wildman–Crippen LogP) is 2.09. The highest BCUT2D eigenvalue weighted by molar-refractivity contribution is 4.96. The largest absolute Gasteiger partial charge is 0.501 e. The van der Waals surface area contributed by atoms with E-state index in [1.165, 1.54) is 0 Å². The van der Waals surface area contributed by atoms with Crippen LogP contribution in [0.25, 0.3) is 0 Å². The molecule has 0 aromatic carbocycles. The fourth-order valence-corrected chi connectivity index (χ4v) is 0.394. The lowest BCUT2D eigenvalue weighted by atomic mass is 10.6. The SMILES string of the molecule is CCOC=C/C=C/OCC. The van der Waals surface area contributed by atoms with Crippen LogP contribution in [0.15, 0.2) is 24.7 Å². The molecule has 0 N–H and O–H groups in total. The van der Waals surface area contributed by atoms with E-state index in [0.717, 1.165) is 0 Å². The van der Waals surface area contributed by atoms with Crippen molar-refractivity contribution in [3.63, 3.8) is 0 Å². The zero-order chi connectivity index (χ0) is 7.66. The van der Waals surface area contributed by atoms with Crippen LogP contribution in [0.5, 0.6) is 0 Å². The standard InChI is InChI=1S/C8H14O2/c1-3-9-7-5-6-8-10-4-2/h5-8H,3-4H2,1-2H3/b7-5+,8-6?. The lowest BCUT2D eigenvalue weighted by Crippen LogP contribution is -1.76. The normalized spacial score (nSPS) is 11.0. The van der Waals surface area contributed by atoms with Gasteiger partial charge in [-0.15, -0.1) is 0 Å². The van der Waals surface area contributed by atoms with Crippen molar-refractivity contribution < 1.29 is 9.47 Å². The van der Waals surface area contributed by atoms with Gasteiger partial charge in [-0.25, -0.2) is 0 Å². The van der Waals surface area contributed by atoms with Gasteiger partial charge in [-0.2, -0.15) is 0 Å². The molecule has 0 atom stereocenters. The van der Waals surface area contributed by atoms with Crippen molar-refractivity contribution in [1.29, 1.82) is 0 Å². The second-order valence-electron chi connectivity index (χ2n) is 1.57. The molecule has 0 heterocycles. The van der Waals surface area contributed by atoms with Gasteiger partial charge < -0.3 is 9.47 Å². The molecule has 0 fully saturated rings. The molecule has 0 radical (unpaired) electrons. The highest BCUT2D eigenvalue weighted by Crippen LogP contribution is 1.81. The summed E-state index contributed by atoms with van der Waals surface area (Å²) in [6.45, 7) is 5.30. The summed E-state index contributed by atoms with van der Waals surface area (Å²) in [5.41, 5.74) is 0. The summed E-state index contributed by atoms with van der Waals surface area (Å²) in [6.07, 6.45) is 6.85. The molecular weight excluding hydrogens is 128 g/mol. The molecule has 0 aliphatic heterocycles. The van der Waals surface area contributed by atoms with E-state index >= 15 is 0 Å². The maximum atomic E-state index is 4.93. The van der Waals surface area contributed by atoms with Gasteiger partial charge in [-0.1, -0.05) is 0 Å². The van der Waals surface area contributed by atoms with Gasteiger partial charge in [-0.3, -0.25) is 0 Å². The smallest absolute Gasteiger partial charge is 0.0845 e. The summed E-state index contributed by atoms with van der Waals surface area (Å²) in [4.78, 5) is 0. The van der Waals surface area contributed by atoms with Gasteiger partial charge in [0.05, 0.1) is 25.7 Å². The number of rotatable bonds is 5. The summed E-state index contributed by atoms with van der Waals surface area (Å²) in [6, 6.07) is 0. The van der Waals surface area contributed by atoms with Crippen molar-refractivity contribution >= 4 is 0 Å². The molecule has 10 heavy (non-hydrogen) atoms. The third-order valence-corrected chi connectivity index (χ3v) is 0.794. The second-order valence-corrected chi connectivity index (χ2v) is 1.57. The van der Waals surface area contributed by atoms with Crippen LogP contribution in [0.4, 0.5) is 0 Å². The van der Waals surface area contributed by atoms with Gasteiger partial charge in [0.15, 0.2) is 0 Å². The molecule has 0 aromatic rings. The average Bonchev–Trinajstić information content (AvgIpc) is 1.97. The first-order valence-corrected chi connectivity index (χ1v) is 3.46. The third kappa shape index (κ3) is 7.08. The number of allylic oxidation sites excluding steroid dienone is 2. The van der Waals surface area contributed by atoms with Gasteiger partial charge in [0.1, 0.15) is 0 Å². The molecule has 0 aliphatic rings. The summed E-state index contributed by atoms with van der Waals surface area (Å²) >= 11 is 0. The molecule has 58 valence electrons. The first-order chi connectivity index (χ1) is 4.91. The fourth-order valence-electron chi connectivity index (χ4n) is 0.394. The van der Waals surface area contributed by atoms with Crippen LogP contribution >= 0.6 is 0 Å². The van der Waals surface area contributed by atoms with Crippen LogP contribution < -0.4 is 0 Å². The Hall–Kier alpha value is -0.920. The van der Waals surface area contributed by atoms with Crippen molar-refractivity contribution in [1.82, 2.24) is 0 Å². The Balaban J connectivity index is 3.15. The maximum Gasteiger partial charge on any atom is 0.0845 e. The van der Waals surface area contributed by atoms with Crippen molar-refractivity contribution in [3.8, 4) is 0 Å². The topological polar surface area (TPSA) is 18.5 Å². The average molecular weight is 142 g/mol. The van der Waals surface area contributed by atoms with Gasteiger partial charge in [0, 0.05) is 0 Å². The fraction of sp³-hybridized carbons (Fsp3) is 0.500. The third-order valence-electron chi connectivity index (χ3n) is 0.794. The minimum absolute atomic E-state index is 0.707. The van der Waals surface area contributed by atoms with Crippen molar-refractivity contribution in [3.05, 3.63) is 24.7 Å². The molecule has 2 nitrogen and oxygen atoms in total.